The Morgan fingerprint density at radius 3 is 2.00 bits per heavy atom. The Morgan fingerprint density at radius 2 is 1.34 bits per heavy atom. The van der Waals surface area contributed by atoms with Crippen molar-refractivity contribution in [3.8, 4) is 11.1 Å². The number of piperidine rings is 1. The van der Waals surface area contributed by atoms with Crippen LogP contribution in [0.1, 0.15) is 39.9 Å². The van der Waals surface area contributed by atoms with Crippen LogP contribution in [-0.2, 0) is 13.0 Å². The largest absolute Gasteiger partial charge is 0.334 e. The van der Waals surface area contributed by atoms with Crippen LogP contribution < -0.4 is 0 Å². The second-order valence-electron chi connectivity index (χ2n) is 10.6. The maximum Gasteiger partial charge on any atom is 0.254 e. The summed E-state index contributed by atoms with van der Waals surface area (Å²) in [5, 5.41) is 0. The van der Waals surface area contributed by atoms with Gasteiger partial charge < -0.3 is 9.80 Å². The van der Waals surface area contributed by atoms with Gasteiger partial charge in [-0.25, -0.2) is 0 Å². The summed E-state index contributed by atoms with van der Waals surface area (Å²) in [7, 11) is 0. The van der Waals surface area contributed by atoms with Crippen LogP contribution in [0, 0.1) is 12.8 Å². The first-order chi connectivity index (χ1) is 18.6. The predicted octanol–water partition coefficient (Wildman–Crippen LogP) is 7.26. The average molecular weight is 503 g/mol. The van der Waals surface area contributed by atoms with Crippen LogP contribution in [0.3, 0.4) is 0 Å². The van der Waals surface area contributed by atoms with E-state index in [0.29, 0.717) is 12.5 Å². The van der Waals surface area contributed by atoms with Crippen molar-refractivity contribution in [1.29, 1.82) is 0 Å². The Bertz CT molecular complexity index is 1280. The zero-order chi connectivity index (χ0) is 26.2. The van der Waals surface area contributed by atoms with E-state index in [2.05, 4.69) is 95.6 Å². The molecule has 1 amide bonds. The molecule has 0 spiro atoms. The van der Waals surface area contributed by atoms with Crippen molar-refractivity contribution in [1.82, 2.24) is 9.80 Å². The van der Waals surface area contributed by atoms with Gasteiger partial charge in [-0.2, -0.15) is 0 Å². The van der Waals surface area contributed by atoms with Crippen LogP contribution in [0.15, 0.2) is 109 Å². The third-order valence-electron chi connectivity index (χ3n) is 7.77. The molecule has 1 heterocycles. The summed E-state index contributed by atoms with van der Waals surface area (Å²) in [6.07, 6.45) is 3.38. The van der Waals surface area contributed by atoms with Crippen molar-refractivity contribution >= 4 is 5.91 Å². The van der Waals surface area contributed by atoms with Gasteiger partial charge in [0.25, 0.3) is 5.91 Å². The number of carbonyl (C=O) groups is 1. The molecule has 194 valence electrons. The molecule has 0 saturated carbocycles. The molecule has 5 rings (SSSR count). The maximum absolute atomic E-state index is 13.7. The van der Waals surface area contributed by atoms with Crippen molar-refractivity contribution in [2.24, 2.45) is 5.92 Å². The van der Waals surface area contributed by atoms with Crippen LogP contribution in [0.5, 0.6) is 0 Å². The fraction of sp³-hybridized carbons (Fsp3) is 0.286. The lowest BCUT2D eigenvalue weighted by molar-refractivity contribution is 0.0675. The summed E-state index contributed by atoms with van der Waals surface area (Å²) >= 11 is 0. The quantitative estimate of drug-likeness (QED) is 0.240. The number of benzene rings is 4. The third kappa shape index (κ3) is 6.99. The Labute approximate surface area is 227 Å². The molecule has 0 radical (unpaired) electrons. The molecule has 1 aliphatic rings. The molecule has 3 heteroatoms. The number of hydrogen-bond acceptors (Lipinski definition) is 2. The average Bonchev–Trinajstić information content (AvgIpc) is 2.98. The highest BCUT2D eigenvalue weighted by Crippen LogP contribution is 2.23. The Kier molecular flexibility index (Phi) is 8.67. The highest BCUT2D eigenvalue weighted by atomic mass is 16.2. The summed E-state index contributed by atoms with van der Waals surface area (Å²) in [6.45, 7) is 6.82. The topological polar surface area (TPSA) is 23.6 Å². The molecule has 0 atom stereocenters. The van der Waals surface area contributed by atoms with Crippen LogP contribution >= 0.6 is 0 Å². The summed E-state index contributed by atoms with van der Waals surface area (Å²) < 4.78 is 0. The molecule has 0 N–H and O–H groups in total. The van der Waals surface area contributed by atoms with Gasteiger partial charge in [0.15, 0.2) is 0 Å². The number of hydrogen-bond donors (Lipinski definition) is 0. The van der Waals surface area contributed by atoms with Gasteiger partial charge in [-0.15, -0.1) is 0 Å². The first-order valence-electron chi connectivity index (χ1n) is 13.9. The van der Waals surface area contributed by atoms with Gasteiger partial charge in [-0.05, 0) is 79.6 Å². The standard InChI is InChI=1S/C35H38N2O/c1-28-12-16-34(17-13-28)35(38)37(26-30-14-18-33(19-15-30)32-10-6-3-7-11-32)27-31-21-24-36(25-22-31)23-20-29-8-4-2-5-9-29/h2-19,31H,20-27H2,1H3. The van der Waals surface area contributed by atoms with E-state index < -0.39 is 0 Å². The van der Waals surface area contributed by atoms with Gasteiger partial charge in [0.05, 0.1) is 0 Å². The van der Waals surface area contributed by atoms with Gasteiger partial charge in [0.2, 0.25) is 0 Å². The van der Waals surface area contributed by atoms with E-state index in [1.54, 1.807) is 0 Å². The number of amides is 1. The van der Waals surface area contributed by atoms with Gasteiger partial charge in [0, 0.05) is 25.2 Å². The highest BCUT2D eigenvalue weighted by Gasteiger charge is 2.24. The zero-order valence-electron chi connectivity index (χ0n) is 22.4. The van der Waals surface area contributed by atoms with E-state index in [0.717, 1.165) is 51.0 Å². The molecular weight excluding hydrogens is 464 g/mol. The number of nitrogens with zero attached hydrogens (tertiary/aromatic N) is 2. The number of rotatable bonds is 9. The van der Waals surface area contributed by atoms with E-state index in [1.807, 2.05) is 30.3 Å². The molecule has 38 heavy (non-hydrogen) atoms. The molecule has 0 aliphatic carbocycles. The zero-order valence-corrected chi connectivity index (χ0v) is 22.4. The molecule has 1 aliphatic heterocycles. The second kappa shape index (κ2) is 12.7. The van der Waals surface area contributed by atoms with E-state index in [1.165, 1.54) is 27.8 Å². The van der Waals surface area contributed by atoms with Crippen molar-refractivity contribution in [2.45, 2.75) is 32.7 Å². The predicted molar refractivity (Wildman–Crippen MR) is 157 cm³/mol. The van der Waals surface area contributed by atoms with Gasteiger partial charge >= 0.3 is 0 Å². The third-order valence-corrected chi connectivity index (χ3v) is 7.77. The lowest BCUT2D eigenvalue weighted by atomic mass is 9.95. The molecule has 1 fully saturated rings. The van der Waals surface area contributed by atoms with E-state index in [9.17, 15) is 4.79 Å². The summed E-state index contributed by atoms with van der Waals surface area (Å²) in [4.78, 5) is 18.3. The molecule has 0 unspecified atom stereocenters. The van der Waals surface area contributed by atoms with Gasteiger partial charge in [0.1, 0.15) is 0 Å². The van der Waals surface area contributed by atoms with Crippen molar-refractivity contribution in [3.05, 3.63) is 131 Å². The monoisotopic (exact) mass is 502 g/mol. The first kappa shape index (κ1) is 25.9. The second-order valence-corrected chi connectivity index (χ2v) is 10.6. The number of likely N-dealkylation sites (tertiary alicyclic amines) is 1. The lowest BCUT2D eigenvalue weighted by Gasteiger charge is -2.35. The molecule has 1 saturated heterocycles. The molecule has 3 nitrogen and oxygen atoms in total. The Morgan fingerprint density at radius 1 is 0.737 bits per heavy atom. The molecule has 4 aromatic carbocycles. The van der Waals surface area contributed by atoms with Gasteiger partial charge in [-0.1, -0.05) is 103 Å². The Balaban J connectivity index is 1.23. The summed E-state index contributed by atoms with van der Waals surface area (Å²) in [5.74, 6) is 0.657. The van der Waals surface area contributed by atoms with Crippen molar-refractivity contribution < 1.29 is 4.79 Å². The maximum atomic E-state index is 13.7. The van der Waals surface area contributed by atoms with E-state index >= 15 is 0 Å². The fourth-order valence-electron chi connectivity index (χ4n) is 5.39. The van der Waals surface area contributed by atoms with Crippen LogP contribution in [-0.4, -0.2) is 41.9 Å². The minimum atomic E-state index is 0.128. The van der Waals surface area contributed by atoms with Crippen LogP contribution in [0.2, 0.25) is 0 Å². The molecule has 0 bridgehead atoms. The molecular formula is C35H38N2O. The fourth-order valence-corrected chi connectivity index (χ4v) is 5.39. The minimum Gasteiger partial charge on any atom is -0.334 e. The van der Waals surface area contributed by atoms with Crippen LogP contribution in [0.25, 0.3) is 11.1 Å². The summed E-state index contributed by atoms with van der Waals surface area (Å²) in [5.41, 5.74) is 6.94. The SMILES string of the molecule is Cc1ccc(C(=O)N(Cc2ccc(-c3ccccc3)cc2)CC2CCN(CCc3ccccc3)CC2)cc1. The normalized spacial score (nSPS) is 14.3. The Hall–Kier alpha value is -3.69. The summed E-state index contributed by atoms with van der Waals surface area (Å²) in [6, 6.07) is 37.9. The lowest BCUT2D eigenvalue weighted by Crippen LogP contribution is -2.41. The van der Waals surface area contributed by atoms with Gasteiger partial charge in [-0.3, -0.25) is 4.79 Å². The first-order valence-corrected chi connectivity index (χ1v) is 13.9. The van der Waals surface area contributed by atoms with Crippen LogP contribution in [0.4, 0.5) is 0 Å². The van der Waals surface area contributed by atoms with Crippen molar-refractivity contribution in [3.63, 3.8) is 0 Å². The number of carbonyl (C=O) groups excluding carboxylic acids is 1. The smallest absolute Gasteiger partial charge is 0.254 e. The van der Waals surface area contributed by atoms with E-state index in [4.69, 9.17) is 0 Å². The van der Waals surface area contributed by atoms with Crippen molar-refractivity contribution in [2.75, 3.05) is 26.2 Å². The minimum absolute atomic E-state index is 0.128. The molecule has 0 aromatic heterocycles. The van der Waals surface area contributed by atoms with E-state index in [-0.39, 0.29) is 5.91 Å². The molecule has 4 aromatic rings. The number of aryl methyl sites for hydroxylation is 1. The highest BCUT2D eigenvalue weighted by molar-refractivity contribution is 5.94.